The molecule has 0 aromatic rings. The van der Waals surface area contributed by atoms with Crippen molar-refractivity contribution in [3.8, 4) is 0 Å². The van der Waals surface area contributed by atoms with Gasteiger partial charge >= 0.3 is 5.97 Å². The van der Waals surface area contributed by atoms with E-state index in [1.807, 2.05) is 27.7 Å². The number of aliphatic carboxylic acids is 1. The summed E-state index contributed by atoms with van der Waals surface area (Å²) in [5, 5.41) is 12.3. The topological polar surface area (TPSA) is 69.6 Å². The lowest BCUT2D eigenvalue weighted by molar-refractivity contribution is -0.150. The van der Waals surface area contributed by atoms with Gasteiger partial charge in [-0.25, -0.2) is 4.79 Å². The molecule has 1 saturated heterocycles. The molecule has 1 aliphatic rings. The van der Waals surface area contributed by atoms with Crippen LogP contribution in [0, 0.1) is 5.92 Å². The molecule has 0 bridgehead atoms. The molecule has 1 fully saturated rings. The summed E-state index contributed by atoms with van der Waals surface area (Å²) in [5.74, 6) is -0.262. The van der Waals surface area contributed by atoms with Crippen LogP contribution in [0.2, 0.25) is 0 Å². The van der Waals surface area contributed by atoms with Gasteiger partial charge in [-0.2, -0.15) is 0 Å². The molecule has 19 heavy (non-hydrogen) atoms. The number of hydrogen-bond donors (Lipinski definition) is 2. The Hall–Kier alpha value is -0.320. The molecule has 0 aliphatic carbocycles. The molecular weight excluding hydrogens is 283 g/mol. The van der Waals surface area contributed by atoms with Crippen molar-refractivity contribution in [1.82, 2.24) is 9.99 Å². The first-order valence-electron chi connectivity index (χ1n) is 6.34. The Labute approximate surface area is 121 Å². The number of carbonyl (C=O) groups excluding carboxylic acids is 1. The quantitative estimate of drug-likeness (QED) is 0.754. The van der Waals surface area contributed by atoms with Crippen LogP contribution in [0.4, 0.5) is 0 Å². The third kappa shape index (κ3) is 3.83. The van der Waals surface area contributed by atoms with Crippen molar-refractivity contribution in [2.24, 2.45) is 5.92 Å². The molecule has 110 valence electrons. The predicted octanol–water partition coefficient (Wildman–Crippen LogP) is 1.55. The smallest absolute Gasteiger partial charge is 0.327 e. The highest BCUT2D eigenvalue weighted by atomic mass is 32.2. The largest absolute Gasteiger partial charge is 0.480 e. The van der Waals surface area contributed by atoms with Gasteiger partial charge in [0.15, 0.2) is 0 Å². The van der Waals surface area contributed by atoms with Crippen LogP contribution in [0.3, 0.4) is 0 Å². The summed E-state index contributed by atoms with van der Waals surface area (Å²) in [6.45, 7) is 7.82. The van der Waals surface area contributed by atoms with Crippen LogP contribution in [0.5, 0.6) is 0 Å². The number of thioether (sulfide) groups is 1. The summed E-state index contributed by atoms with van der Waals surface area (Å²) in [5.41, 5.74) is 0. The standard InChI is InChI=1S/C12H23N2O3PS/c1-7(2)5-8(13-18)10(15)14-6-19-12(3,4)9(14)11(16)17/h7-9,13H,5-6,18H2,1-4H3,(H,16,17)/t8-,9+/m0/s1. The lowest BCUT2D eigenvalue weighted by Gasteiger charge is -2.30. The monoisotopic (exact) mass is 306 g/mol. The Morgan fingerprint density at radius 1 is 1.53 bits per heavy atom. The van der Waals surface area contributed by atoms with Crippen molar-refractivity contribution in [3.63, 3.8) is 0 Å². The predicted molar refractivity (Wildman–Crippen MR) is 80.9 cm³/mol. The normalized spacial score (nSPS) is 23.7. The second-order valence-electron chi connectivity index (χ2n) is 5.77. The number of carbonyl (C=O) groups is 2. The maximum absolute atomic E-state index is 12.5. The molecular formula is C12H23N2O3PS. The van der Waals surface area contributed by atoms with Crippen LogP contribution in [0.15, 0.2) is 0 Å². The molecule has 2 N–H and O–H groups in total. The first-order chi connectivity index (χ1) is 8.70. The van der Waals surface area contributed by atoms with Gasteiger partial charge in [0, 0.05) is 4.75 Å². The Morgan fingerprint density at radius 2 is 2.11 bits per heavy atom. The van der Waals surface area contributed by atoms with E-state index in [0.29, 0.717) is 18.2 Å². The Balaban J connectivity index is 2.89. The van der Waals surface area contributed by atoms with E-state index in [1.165, 1.54) is 16.7 Å². The van der Waals surface area contributed by atoms with Crippen LogP contribution in [-0.4, -0.2) is 44.6 Å². The first kappa shape index (κ1) is 16.7. The minimum absolute atomic E-state index is 0.130. The summed E-state index contributed by atoms with van der Waals surface area (Å²) >= 11 is 1.51. The van der Waals surface area contributed by atoms with Gasteiger partial charge in [0.2, 0.25) is 5.91 Å². The van der Waals surface area contributed by atoms with Gasteiger partial charge in [-0.1, -0.05) is 23.2 Å². The molecule has 0 saturated carbocycles. The minimum atomic E-state index is -0.935. The van der Waals surface area contributed by atoms with Gasteiger partial charge in [-0.15, -0.1) is 11.8 Å². The number of rotatable bonds is 5. The van der Waals surface area contributed by atoms with Crippen LogP contribution >= 0.6 is 21.2 Å². The number of carboxylic acid groups (broad SMARTS) is 1. The SMILES string of the molecule is CC(C)C[C@H](NP)C(=O)N1CSC(C)(C)[C@H]1C(=O)O. The average Bonchev–Trinajstić information content (AvgIpc) is 2.60. The van der Waals surface area contributed by atoms with Crippen molar-refractivity contribution in [3.05, 3.63) is 0 Å². The highest BCUT2D eigenvalue weighted by Crippen LogP contribution is 2.39. The summed E-state index contributed by atoms with van der Waals surface area (Å²) in [7, 11) is 2.36. The van der Waals surface area contributed by atoms with E-state index >= 15 is 0 Å². The second-order valence-corrected chi connectivity index (χ2v) is 7.71. The van der Waals surface area contributed by atoms with Gasteiger partial charge in [0.05, 0.1) is 11.9 Å². The molecule has 1 rings (SSSR count). The maximum atomic E-state index is 12.5. The lowest BCUT2D eigenvalue weighted by Crippen LogP contribution is -2.53. The molecule has 0 aromatic heterocycles. The van der Waals surface area contributed by atoms with Crippen molar-refractivity contribution >= 4 is 33.0 Å². The third-order valence-electron chi connectivity index (χ3n) is 3.27. The van der Waals surface area contributed by atoms with E-state index in [1.54, 1.807) is 0 Å². The zero-order valence-corrected chi connectivity index (χ0v) is 13.8. The molecule has 0 radical (unpaired) electrons. The molecule has 1 aliphatic heterocycles. The van der Waals surface area contributed by atoms with Crippen LogP contribution in [0.1, 0.15) is 34.1 Å². The minimum Gasteiger partial charge on any atom is -0.480 e. The Morgan fingerprint density at radius 3 is 2.53 bits per heavy atom. The van der Waals surface area contributed by atoms with Crippen molar-refractivity contribution in [1.29, 1.82) is 0 Å². The van der Waals surface area contributed by atoms with E-state index in [2.05, 4.69) is 14.5 Å². The summed E-state index contributed by atoms with van der Waals surface area (Å²) in [4.78, 5) is 25.4. The van der Waals surface area contributed by atoms with E-state index in [9.17, 15) is 14.7 Å². The third-order valence-corrected chi connectivity index (χ3v) is 5.05. The Kier molecular flexibility index (Phi) is 5.65. The first-order valence-corrected chi connectivity index (χ1v) is 7.90. The molecule has 3 atom stereocenters. The number of nitrogens with zero attached hydrogens (tertiary/aromatic N) is 1. The number of amides is 1. The highest BCUT2D eigenvalue weighted by Gasteiger charge is 2.49. The fourth-order valence-corrected chi connectivity index (χ4v) is 3.71. The van der Waals surface area contributed by atoms with E-state index in [4.69, 9.17) is 0 Å². The van der Waals surface area contributed by atoms with E-state index in [-0.39, 0.29) is 11.9 Å². The van der Waals surface area contributed by atoms with Crippen molar-refractivity contribution < 1.29 is 14.7 Å². The molecule has 1 heterocycles. The molecule has 1 unspecified atom stereocenters. The summed E-state index contributed by atoms with van der Waals surface area (Å²) < 4.78 is -0.454. The number of carboxylic acids is 1. The molecule has 5 nitrogen and oxygen atoms in total. The van der Waals surface area contributed by atoms with E-state index in [0.717, 1.165) is 0 Å². The fourth-order valence-electron chi connectivity index (χ4n) is 2.30. The van der Waals surface area contributed by atoms with Crippen molar-refractivity contribution in [2.45, 2.75) is 50.9 Å². The molecule has 0 aromatic carbocycles. The van der Waals surface area contributed by atoms with Gasteiger partial charge in [-0.3, -0.25) is 9.88 Å². The van der Waals surface area contributed by atoms with E-state index < -0.39 is 16.8 Å². The number of hydrogen-bond acceptors (Lipinski definition) is 4. The lowest BCUT2D eigenvalue weighted by atomic mass is 9.99. The second kappa shape index (κ2) is 6.42. The van der Waals surface area contributed by atoms with Crippen LogP contribution in [-0.2, 0) is 9.59 Å². The Bertz CT molecular complexity index is 363. The zero-order valence-electron chi connectivity index (χ0n) is 11.8. The van der Waals surface area contributed by atoms with Crippen molar-refractivity contribution in [2.75, 3.05) is 5.88 Å². The average molecular weight is 306 g/mol. The zero-order chi connectivity index (χ0) is 14.8. The molecule has 1 amide bonds. The maximum Gasteiger partial charge on any atom is 0.327 e. The van der Waals surface area contributed by atoms with Crippen LogP contribution in [0.25, 0.3) is 0 Å². The highest BCUT2D eigenvalue weighted by molar-refractivity contribution is 8.00. The molecule has 7 heteroatoms. The fraction of sp³-hybridized carbons (Fsp3) is 0.833. The van der Waals surface area contributed by atoms with Gasteiger partial charge < -0.3 is 10.0 Å². The van der Waals surface area contributed by atoms with Gasteiger partial charge in [0.1, 0.15) is 6.04 Å². The van der Waals surface area contributed by atoms with Crippen LogP contribution < -0.4 is 5.09 Å². The number of nitrogens with one attached hydrogen (secondary N) is 1. The van der Waals surface area contributed by atoms with Gasteiger partial charge in [0.25, 0.3) is 0 Å². The summed E-state index contributed by atoms with van der Waals surface area (Å²) in [6, 6.07) is -1.11. The van der Waals surface area contributed by atoms with Gasteiger partial charge in [-0.05, 0) is 26.2 Å². The summed E-state index contributed by atoms with van der Waals surface area (Å²) in [6.07, 6.45) is 0.691. The molecule has 0 spiro atoms.